The number of ether oxygens (including phenoxy) is 1. The number of carbonyl (C=O) groups is 2. The SMILES string of the molecule is CC(C)N(C)S(=O)(=O)c1ccc(NC(=O)COc2ccc(C=O)cc2)cc1. The molecule has 2 rings (SSSR count). The molecule has 0 saturated carbocycles. The van der Waals surface area contributed by atoms with E-state index in [1.807, 2.05) is 0 Å². The minimum absolute atomic E-state index is 0.156. The zero-order valence-electron chi connectivity index (χ0n) is 15.4. The van der Waals surface area contributed by atoms with E-state index in [2.05, 4.69) is 5.32 Å². The molecule has 0 heterocycles. The molecule has 144 valence electrons. The Morgan fingerprint density at radius 1 is 1.11 bits per heavy atom. The van der Waals surface area contributed by atoms with Gasteiger partial charge in [0.25, 0.3) is 5.91 Å². The van der Waals surface area contributed by atoms with E-state index in [0.29, 0.717) is 17.0 Å². The van der Waals surface area contributed by atoms with Gasteiger partial charge >= 0.3 is 0 Å². The summed E-state index contributed by atoms with van der Waals surface area (Å²) in [5.74, 6) is 0.0817. The van der Waals surface area contributed by atoms with E-state index < -0.39 is 10.0 Å². The standard InChI is InChI=1S/C19H22N2O5S/c1-14(2)21(3)27(24,25)18-10-6-16(7-11-18)20-19(23)13-26-17-8-4-15(12-22)5-9-17/h4-12,14H,13H2,1-3H3,(H,20,23). The zero-order chi connectivity index (χ0) is 20.0. The van der Waals surface area contributed by atoms with Crippen molar-refractivity contribution in [2.75, 3.05) is 19.0 Å². The lowest BCUT2D eigenvalue weighted by atomic mass is 10.2. The van der Waals surface area contributed by atoms with Crippen LogP contribution in [0, 0.1) is 0 Å². The predicted molar refractivity (Wildman–Crippen MR) is 102 cm³/mol. The molecule has 8 heteroatoms. The molecule has 0 aliphatic heterocycles. The second-order valence-corrected chi connectivity index (χ2v) is 8.16. The Morgan fingerprint density at radius 2 is 1.70 bits per heavy atom. The molecule has 1 N–H and O–H groups in total. The molecule has 0 atom stereocenters. The minimum atomic E-state index is -3.56. The Kier molecular flexibility index (Phi) is 6.70. The van der Waals surface area contributed by atoms with E-state index in [9.17, 15) is 18.0 Å². The topological polar surface area (TPSA) is 92.8 Å². The van der Waals surface area contributed by atoms with Crippen molar-refractivity contribution in [2.45, 2.75) is 24.8 Å². The van der Waals surface area contributed by atoms with Crippen LogP contribution >= 0.6 is 0 Å². The highest BCUT2D eigenvalue weighted by atomic mass is 32.2. The van der Waals surface area contributed by atoms with Gasteiger partial charge in [-0.05, 0) is 62.4 Å². The average molecular weight is 390 g/mol. The van der Waals surface area contributed by atoms with Gasteiger partial charge < -0.3 is 10.1 Å². The molecule has 0 aliphatic carbocycles. The Morgan fingerprint density at radius 3 is 2.22 bits per heavy atom. The van der Waals surface area contributed by atoms with Crippen LogP contribution in [-0.4, -0.2) is 44.6 Å². The van der Waals surface area contributed by atoms with Crippen LogP contribution in [-0.2, 0) is 14.8 Å². The van der Waals surface area contributed by atoms with Crippen molar-refractivity contribution in [3.05, 3.63) is 54.1 Å². The van der Waals surface area contributed by atoms with Crippen LogP contribution in [0.1, 0.15) is 24.2 Å². The molecular weight excluding hydrogens is 368 g/mol. The lowest BCUT2D eigenvalue weighted by molar-refractivity contribution is -0.118. The molecule has 0 radical (unpaired) electrons. The minimum Gasteiger partial charge on any atom is -0.484 e. The molecule has 0 unspecified atom stereocenters. The number of nitrogens with one attached hydrogen (secondary N) is 1. The van der Waals surface area contributed by atoms with Crippen LogP contribution in [0.25, 0.3) is 0 Å². The maximum absolute atomic E-state index is 12.4. The molecular formula is C19H22N2O5S. The van der Waals surface area contributed by atoms with Gasteiger partial charge in [0.15, 0.2) is 6.61 Å². The number of anilines is 1. The maximum Gasteiger partial charge on any atom is 0.262 e. The van der Waals surface area contributed by atoms with Crippen LogP contribution in [0.3, 0.4) is 0 Å². The molecule has 7 nitrogen and oxygen atoms in total. The van der Waals surface area contributed by atoms with Crippen molar-refractivity contribution in [1.82, 2.24) is 4.31 Å². The van der Waals surface area contributed by atoms with Gasteiger partial charge in [-0.15, -0.1) is 0 Å². The van der Waals surface area contributed by atoms with E-state index in [1.165, 1.54) is 35.6 Å². The van der Waals surface area contributed by atoms with Crippen LogP contribution in [0.2, 0.25) is 0 Å². The van der Waals surface area contributed by atoms with Crippen LogP contribution in [0.15, 0.2) is 53.4 Å². The first kappa shape index (κ1) is 20.6. The zero-order valence-corrected chi connectivity index (χ0v) is 16.2. The van der Waals surface area contributed by atoms with Gasteiger partial charge in [0.05, 0.1) is 4.90 Å². The second-order valence-electron chi connectivity index (χ2n) is 6.16. The first-order valence-corrected chi connectivity index (χ1v) is 9.74. The number of carbonyl (C=O) groups excluding carboxylic acids is 2. The molecule has 1 amide bonds. The predicted octanol–water partition coefficient (Wildman–Crippen LogP) is 2.55. The van der Waals surface area contributed by atoms with Crippen molar-refractivity contribution in [3.8, 4) is 5.75 Å². The molecule has 0 aliphatic rings. The van der Waals surface area contributed by atoms with E-state index in [0.717, 1.165) is 6.29 Å². The second kappa shape index (κ2) is 8.79. The van der Waals surface area contributed by atoms with Crippen molar-refractivity contribution >= 4 is 27.9 Å². The lowest BCUT2D eigenvalue weighted by Gasteiger charge is -2.21. The normalized spacial score (nSPS) is 11.4. The van der Waals surface area contributed by atoms with Crippen LogP contribution in [0.5, 0.6) is 5.75 Å². The quantitative estimate of drug-likeness (QED) is 0.699. The Hall–Kier alpha value is -2.71. The van der Waals surface area contributed by atoms with Crippen molar-refractivity contribution in [2.24, 2.45) is 0 Å². The summed E-state index contributed by atoms with van der Waals surface area (Å²) in [5.41, 5.74) is 0.982. The smallest absolute Gasteiger partial charge is 0.262 e. The fourth-order valence-corrected chi connectivity index (χ4v) is 3.51. The summed E-state index contributed by atoms with van der Waals surface area (Å²) in [7, 11) is -2.04. The molecule has 27 heavy (non-hydrogen) atoms. The summed E-state index contributed by atoms with van der Waals surface area (Å²) in [5, 5.41) is 2.64. The number of benzene rings is 2. The number of sulfonamides is 1. The summed E-state index contributed by atoms with van der Waals surface area (Å²) in [6, 6.07) is 12.2. The van der Waals surface area contributed by atoms with Gasteiger partial charge in [0, 0.05) is 24.3 Å². The molecule has 0 aromatic heterocycles. The van der Waals surface area contributed by atoms with E-state index in [4.69, 9.17) is 4.74 Å². The first-order chi connectivity index (χ1) is 12.7. The van der Waals surface area contributed by atoms with Gasteiger partial charge in [-0.2, -0.15) is 4.31 Å². The number of rotatable bonds is 8. The fourth-order valence-electron chi connectivity index (χ4n) is 2.14. The first-order valence-electron chi connectivity index (χ1n) is 8.30. The van der Waals surface area contributed by atoms with Crippen molar-refractivity contribution < 1.29 is 22.7 Å². The summed E-state index contributed by atoms with van der Waals surface area (Å²) >= 11 is 0. The Labute approximate surface area is 159 Å². The number of amides is 1. The largest absolute Gasteiger partial charge is 0.484 e. The van der Waals surface area contributed by atoms with Crippen LogP contribution < -0.4 is 10.1 Å². The van der Waals surface area contributed by atoms with Gasteiger partial charge in [0.1, 0.15) is 12.0 Å². The van der Waals surface area contributed by atoms with Crippen molar-refractivity contribution in [1.29, 1.82) is 0 Å². The van der Waals surface area contributed by atoms with Crippen molar-refractivity contribution in [3.63, 3.8) is 0 Å². The summed E-state index contributed by atoms with van der Waals surface area (Å²) in [6.45, 7) is 3.37. The highest BCUT2D eigenvalue weighted by Gasteiger charge is 2.22. The Bertz CT molecular complexity index is 891. The third-order valence-electron chi connectivity index (χ3n) is 3.93. The molecule has 0 fully saturated rings. The lowest BCUT2D eigenvalue weighted by Crippen LogP contribution is -2.33. The third-order valence-corrected chi connectivity index (χ3v) is 5.98. The van der Waals surface area contributed by atoms with E-state index in [-0.39, 0.29) is 23.5 Å². The van der Waals surface area contributed by atoms with Gasteiger partial charge in [-0.3, -0.25) is 9.59 Å². The number of hydrogen-bond donors (Lipinski definition) is 1. The molecule has 2 aromatic carbocycles. The summed E-state index contributed by atoms with van der Waals surface area (Å²) < 4.78 is 31.4. The number of nitrogens with zero attached hydrogens (tertiary/aromatic N) is 1. The fraction of sp³-hybridized carbons (Fsp3) is 0.263. The molecule has 0 saturated heterocycles. The highest BCUT2D eigenvalue weighted by Crippen LogP contribution is 2.19. The van der Waals surface area contributed by atoms with Crippen LogP contribution in [0.4, 0.5) is 5.69 Å². The summed E-state index contributed by atoms with van der Waals surface area (Å²) in [6.07, 6.45) is 0.722. The van der Waals surface area contributed by atoms with E-state index in [1.54, 1.807) is 38.1 Å². The third kappa shape index (κ3) is 5.38. The highest BCUT2D eigenvalue weighted by molar-refractivity contribution is 7.89. The van der Waals surface area contributed by atoms with E-state index >= 15 is 0 Å². The van der Waals surface area contributed by atoms with Gasteiger partial charge in [-0.25, -0.2) is 8.42 Å². The number of aldehydes is 1. The molecule has 0 spiro atoms. The monoisotopic (exact) mass is 390 g/mol. The number of hydrogen-bond acceptors (Lipinski definition) is 5. The molecule has 0 bridgehead atoms. The maximum atomic E-state index is 12.4. The summed E-state index contributed by atoms with van der Waals surface area (Å²) in [4.78, 5) is 22.7. The Balaban J connectivity index is 1.95. The van der Waals surface area contributed by atoms with Gasteiger partial charge in [0.2, 0.25) is 10.0 Å². The van der Waals surface area contributed by atoms with Gasteiger partial charge in [-0.1, -0.05) is 0 Å². The average Bonchev–Trinajstić information content (AvgIpc) is 2.66. The molecule has 2 aromatic rings.